The monoisotopic (exact) mass is 490 g/mol. The van der Waals surface area contributed by atoms with Gasteiger partial charge in [0.1, 0.15) is 5.39 Å². The van der Waals surface area contributed by atoms with Crippen molar-refractivity contribution >= 4 is 22.7 Å². The molecular weight excluding hydrogens is 465 g/mol. The summed E-state index contributed by atoms with van der Waals surface area (Å²) < 4.78 is 47.4. The highest BCUT2D eigenvalue weighted by molar-refractivity contribution is 5.75. The second-order valence-electron chi connectivity index (χ2n) is 9.71. The molecule has 3 aliphatic heterocycles. The minimum absolute atomic E-state index is 0.0257. The predicted molar refractivity (Wildman–Crippen MR) is 120 cm³/mol. The van der Waals surface area contributed by atoms with Crippen LogP contribution in [0.2, 0.25) is 0 Å². The van der Waals surface area contributed by atoms with E-state index in [2.05, 4.69) is 20.0 Å². The Bertz CT molecular complexity index is 1310. The van der Waals surface area contributed by atoms with Crippen LogP contribution < -0.4 is 15.4 Å². The molecule has 6 rings (SSSR count). The van der Waals surface area contributed by atoms with Crippen LogP contribution in [0.4, 0.5) is 24.8 Å². The van der Waals surface area contributed by atoms with Crippen molar-refractivity contribution in [2.45, 2.75) is 38.1 Å². The summed E-state index contributed by atoms with van der Waals surface area (Å²) in [5.74, 6) is -0.544. The fraction of sp³-hybridized carbons (Fsp3) is 0.591. The first-order valence-corrected chi connectivity index (χ1v) is 11.7. The molecule has 3 fully saturated rings. The van der Waals surface area contributed by atoms with E-state index >= 15 is 0 Å². The van der Waals surface area contributed by atoms with Crippen LogP contribution in [-0.4, -0.2) is 62.1 Å². The molecule has 1 atom stereocenters. The van der Waals surface area contributed by atoms with E-state index in [0.29, 0.717) is 48.9 Å². The fourth-order valence-electron chi connectivity index (χ4n) is 5.41. The Morgan fingerprint density at radius 1 is 1.09 bits per heavy atom. The molecule has 0 aromatic carbocycles. The van der Waals surface area contributed by atoms with Gasteiger partial charge in [0, 0.05) is 45.2 Å². The van der Waals surface area contributed by atoms with Crippen molar-refractivity contribution in [3.05, 3.63) is 34.8 Å². The van der Waals surface area contributed by atoms with Crippen molar-refractivity contribution in [3.63, 3.8) is 0 Å². The highest BCUT2D eigenvalue weighted by atomic mass is 19.4. The number of alkyl halides is 3. The van der Waals surface area contributed by atoms with Crippen molar-refractivity contribution in [1.29, 1.82) is 0 Å². The third kappa shape index (κ3) is 3.72. The molecule has 0 bridgehead atoms. The molecule has 1 spiro atoms. The van der Waals surface area contributed by atoms with Crippen LogP contribution in [0, 0.1) is 5.41 Å². The van der Waals surface area contributed by atoms with E-state index in [0.717, 1.165) is 32.2 Å². The van der Waals surface area contributed by atoms with Gasteiger partial charge in [0.05, 0.1) is 24.3 Å². The summed E-state index contributed by atoms with van der Waals surface area (Å²) >= 11 is 0. The van der Waals surface area contributed by atoms with E-state index in [-0.39, 0.29) is 17.2 Å². The molecule has 10 nitrogen and oxygen atoms in total. The van der Waals surface area contributed by atoms with Gasteiger partial charge in [-0.2, -0.15) is 23.3 Å². The highest BCUT2D eigenvalue weighted by Crippen LogP contribution is 2.42. The van der Waals surface area contributed by atoms with Gasteiger partial charge in [-0.1, -0.05) is 0 Å². The number of ether oxygens (including phenoxy) is 1. The maximum Gasteiger partial charge on any atom is 0.451 e. The second-order valence-corrected chi connectivity index (χ2v) is 9.71. The predicted octanol–water partition coefficient (Wildman–Crippen LogP) is 2.35. The number of halogens is 3. The highest BCUT2D eigenvalue weighted by Gasteiger charge is 2.49. The number of fused-ring (bicyclic) bond motifs is 1. The summed E-state index contributed by atoms with van der Waals surface area (Å²) in [6.45, 7) is 3.46. The van der Waals surface area contributed by atoms with Gasteiger partial charge in [0.15, 0.2) is 11.9 Å². The number of rotatable bonds is 3. The number of nitrogens with zero attached hydrogens (tertiary/aromatic N) is 8. The third-order valence-corrected chi connectivity index (χ3v) is 7.27. The van der Waals surface area contributed by atoms with Crippen LogP contribution in [0.3, 0.4) is 0 Å². The Kier molecular flexibility index (Phi) is 5.02. The zero-order valence-corrected chi connectivity index (χ0v) is 19.2. The zero-order chi connectivity index (χ0) is 24.4. The van der Waals surface area contributed by atoms with Crippen LogP contribution in [-0.2, 0) is 18.0 Å². The van der Waals surface area contributed by atoms with E-state index < -0.39 is 12.0 Å². The number of hydrogen-bond donors (Lipinski definition) is 0. The Morgan fingerprint density at radius 2 is 1.83 bits per heavy atom. The van der Waals surface area contributed by atoms with Crippen molar-refractivity contribution < 1.29 is 17.9 Å². The molecule has 0 radical (unpaired) electrons. The molecule has 0 saturated carbocycles. The standard InChI is InChI=1S/C22H25F3N8O2/c1-30-18(34)15-10-28-33(16-4-2-3-7-35-16)17(15)29-20(30)31-6-5-21(11-31)12-32(13-21)14-8-26-19(27-9-14)22(23,24)25/h8-10,16H,2-7,11-13H2,1H3. The van der Waals surface area contributed by atoms with Gasteiger partial charge in [-0.05, 0) is 25.7 Å². The molecule has 35 heavy (non-hydrogen) atoms. The topological polar surface area (TPSA) is 94.2 Å². The largest absolute Gasteiger partial charge is 0.451 e. The van der Waals surface area contributed by atoms with Crippen molar-refractivity contribution in [2.75, 3.05) is 42.6 Å². The quantitative estimate of drug-likeness (QED) is 0.553. The molecule has 3 aliphatic rings. The molecule has 0 N–H and O–H groups in total. The Labute approximate surface area is 198 Å². The minimum Gasteiger partial charge on any atom is -0.368 e. The van der Waals surface area contributed by atoms with E-state index in [1.54, 1.807) is 22.5 Å². The summed E-state index contributed by atoms with van der Waals surface area (Å²) in [7, 11) is 1.72. The molecule has 186 valence electrons. The lowest BCUT2D eigenvalue weighted by molar-refractivity contribution is -0.145. The first-order valence-electron chi connectivity index (χ1n) is 11.7. The van der Waals surface area contributed by atoms with Gasteiger partial charge in [-0.15, -0.1) is 0 Å². The van der Waals surface area contributed by atoms with Gasteiger partial charge < -0.3 is 14.5 Å². The van der Waals surface area contributed by atoms with Gasteiger partial charge in [0.25, 0.3) is 5.56 Å². The van der Waals surface area contributed by atoms with Crippen LogP contribution in [0.25, 0.3) is 11.0 Å². The normalized spacial score (nSPS) is 22.2. The number of hydrogen-bond acceptors (Lipinski definition) is 8. The summed E-state index contributed by atoms with van der Waals surface area (Å²) in [5, 5.41) is 4.89. The van der Waals surface area contributed by atoms with Crippen LogP contribution in [0.15, 0.2) is 23.4 Å². The molecule has 6 heterocycles. The number of anilines is 2. The van der Waals surface area contributed by atoms with Crippen LogP contribution in [0.1, 0.15) is 37.7 Å². The molecule has 13 heteroatoms. The molecule has 0 aliphatic carbocycles. The van der Waals surface area contributed by atoms with Gasteiger partial charge >= 0.3 is 6.18 Å². The number of aromatic nitrogens is 6. The first kappa shape index (κ1) is 22.3. The zero-order valence-electron chi connectivity index (χ0n) is 19.2. The molecule has 3 saturated heterocycles. The SMILES string of the molecule is Cn1c(N2CCC3(CN(c4cnc(C(F)(F)F)nc4)C3)C2)nc2c(cnn2C2CCCCO2)c1=O. The maximum absolute atomic E-state index is 13.1. The van der Waals surface area contributed by atoms with E-state index in [9.17, 15) is 18.0 Å². The average Bonchev–Trinajstić information content (AvgIpc) is 3.46. The van der Waals surface area contributed by atoms with Gasteiger partial charge in [0.2, 0.25) is 11.8 Å². The van der Waals surface area contributed by atoms with Crippen LogP contribution in [0.5, 0.6) is 0 Å². The lowest BCUT2D eigenvalue weighted by atomic mass is 9.79. The lowest BCUT2D eigenvalue weighted by Gasteiger charge is -2.49. The minimum atomic E-state index is -4.55. The van der Waals surface area contributed by atoms with Crippen molar-refractivity contribution in [1.82, 2.24) is 29.3 Å². The second kappa shape index (κ2) is 7.90. The third-order valence-electron chi connectivity index (χ3n) is 7.27. The van der Waals surface area contributed by atoms with Gasteiger partial charge in [-0.25, -0.2) is 14.6 Å². The van der Waals surface area contributed by atoms with Gasteiger partial charge in [-0.3, -0.25) is 9.36 Å². The van der Waals surface area contributed by atoms with Crippen molar-refractivity contribution in [3.8, 4) is 0 Å². The Hall–Kier alpha value is -3.22. The fourth-order valence-corrected chi connectivity index (χ4v) is 5.41. The average molecular weight is 490 g/mol. The smallest absolute Gasteiger partial charge is 0.368 e. The molecule has 3 aromatic rings. The molecule has 1 unspecified atom stereocenters. The van der Waals surface area contributed by atoms with E-state index in [1.807, 2.05) is 4.90 Å². The lowest BCUT2D eigenvalue weighted by Crippen LogP contribution is -2.58. The maximum atomic E-state index is 13.1. The molecule has 0 amide bonds. The van der Waals surface area contributed by atoms with Crippen LogP contribution >= 0.6 is 0 Å². The van der Waals surface area contributed by atoms with E-state index in [1.165, 1.54) is 12.4 Å². The first-order chi connectivity index (χ1) is 16.7. The summed E-state index contributed by atoms with van der Waals surface area (Å²) in [6.07, 6.45) is 3.03. The summed E-state index contributed by atoms with van der Waals surface area (Å²) in [4.78, 5) is 29.0. The van der Waals surface area contributed by atoms with E-state index in [4.69, 9.17) is 9.72 Å². The summed E-state index contributed by atoms with van der Waals surface area (Å²) in [6, 6.07) is 0. The molecule has 3 aromatic heterocycles. The van der Waals surface area contributed by atoms with Crippen molar-refractivity contribution in [2.24, 2.45) is 12.5 Å². The summed E-state index contributed by atoms with van der Waals surface area (Å²) in [5.41, 5.74) is 0.936. The molecular formula is C22H25F3N8O2. The Balaban J connectivity index is 1.21. The Morgan fingerprint density at radius 3 is 2.51 bits per heavy atom.